The summed E-state index contributed by atoms with van der Waals surface area (Å²) in [4.78, 5) is 17.9. The zero-order valence-corrected chi connectivity index (χ0v) is 10.9. The van der Waals surface area contributed by atoms with E-state index in [9.17, 15) is 4.79 Å². The van der Waals surface area contributed by atoms with Crippen LogP contribution in [0.25, 0.3) is 0 Å². The van der Waals surface area contributed by atoms with E-state index in [1.54, 1.807) is 17.3 Å². The fourth-order valence-electron chi connectivity index (χ4n) is 1.83. The van der Waals surface area contributed by atoms with Gasteiger partial charge in [-0.15, -0.1) is 0 Å². The van der Waals surface area contributed by atoms with Crippen LogP contribution in [0.3, 0.4) is 0 Å². The highest BCUT2D eigenvalue weighted by atomic mass is 16.2. The second-order valence-electron chi connectivity index (χ2n) is 4.10. The van der Waals surface area contributed by atoms with Crippen molar-refractivity contribution >= 4 is 11.7 Å². The third-order valence-electron chi connectivity index (χ3n) is 2.80. The first kappa shape index (κ1) is 13.1. The third-order valence-corrected chi connectivity index (χ3v) is 2.80. The van der Waals surface area contributed by atoms with Gasteiger partial charge in [0, 0.05) is 31.2 Å². The zero-order chi connectivity index (χ0) is 13.5. The SMILES string of the molecule is CCN(C(=O)NCc1cccnc1)c1ccccc1. The Balaban J connectivity index is 1.98. The Morgan fingerprint density at radius 2 is 2.00 bits per heavy atom. The molecule has 0 aliphatic carbocycles. The van der Waals surface area contributed by atoms with E-state index in [-0.39, 0.29) is 6.03 Å². The van der Waals surface area contributed by atoms with Crippen LogP contribution in [0.5, 0.6) is 0 Å². The molecule has 0 saturated heterocycles. The summed E-state index contributed by atoms with van der Waals surface area (Å²) in [5.74, 6) is 0. The van der Waals surface area contributed by atoms with E-state index in [1.807, 2.05) is 49.4 Å². The summed E-state index contributed by atoms with van der Waals surface area (Å²) in [7, 11) is 0. The molecule has 1 aromatic carbocycles. The van der Waals surface area contributed by atoms with Crippen molar-refractivity contribution in [3.63, 3.8) is 0 Å². The number of amides is 2. The van der Waals surface area contributed by atoms with Crippen molar-refractivity contribution in [3.8, 4) is 0 Å². The molecule has 1 N–H and O–H groups in total. The molecule has 0 aliphatic heterocycles. The molecule has 19 heavy (non-hydrogen) atoms. The van der Waals surface area contributed by atoms with E-state index < -0.39 is 0 Å². The van der Waals surface area contributed by atoms with Crippen molar-refractivity contribution in [1.82, 2.24) is 10.3 Å². The average Bonchev–Trinajstić information content (AvgIpc) is 2.48. The van der Waals surface area contributed by atoms with Gasteiger partial charge in [0.1, 0.15) is 0 Å². The maximum Gasteiger partial charge on any atom is 0.322 e. The third kappa shape index (κ3) is 3.55. The Hall–Kier alpha value is -2.36. The summed E-state index contributed by atoms with van der Waals surface area (Å²) >= 11 is 0. The van der Waals surface area contributed by atoms with Crippen molar-refractivity contribution < 1.29 is 4.79 Å². The quantitative estimate of drug-likeness (QED) is 0.913. The summed E-state index contributed by atoms with van der Waals surface area (Å²) in [6.45, 7) is 3.07. The van der Waals surface area contributed by atoms with Crippen LogP contribution in [0.4, 0.5) is 10.5 Å². The van der Waals surface area contributed by atoms with Crippen molar-refractivity contribution in [2.45, 2.75) is 13.5 Å². The molecule has 0 aliphatic rings. The van der Waals surface area contributed by atoms with E-state index in [1.165, 1.54) is 0 Å². The fraction of sp³-hybridized carbons (Fsp3) is 0.200. The molecule has 2 aromatic rings. The van der Waals surface area contributed by atoms with Gasteiger partial charge in [0.15, 0.2) is 0 Å². The Bertz CT molecular complexity index is 513. The number of aromatic nitrogens is 1. The number of para-hydroxylation sites is 1. The van der Waals surface area contributed by atoms with Gasteiger partial charge in [0.25, 0.3) is 0 Å². The summed E-state index contributed by atoms with van der Waals surface area (Å²) in [5.41, 5.74) is 1.88. The van der Waals surface area contributed by atoms with Crippen molar-refractivity contribution in [3.05, 3.63) is 60.4 Å². The number of nitrogens with one attached hydrogen (secondary N) is 1. The highest BCUT2D eigenvalue weighted by Crippen LogP contribution is 2.12. The number of carbonyl (C=O) groups is 1. The predicted molar refractivity (Wildman–Crippen MR) is 75.9 cm³/mol. The minimum absolute atomic E-state index is 0.0995. The molecule has 1 heterocycles. The lowest BCUT2D eigenvalue weighted by Crippen LogP contribution is -2.39. The molecule has 0 atom stereocenters. The van der Waals surface area contributed by atoms with Gasteiger partial charge < -0.3 is 5.32 Å². The second-order valence-corrected chi connectivity index (χ2v) is 4.10. The summed E-state index contributed by atoms with van der Waals surface area (Å²) < 4.78 is 0. The van der Waals surface area contributed by atoms with E-state index in [0.717, 1.165) is 11.3 Å². The van der Waals surface area contributed by atoms with Crippen molar-refractivity contribution in [2.75, 3.05) is 11.4 Å². The van der Waals surface area contributed by atoms with Gasteiger partial charge in [-0.2, -0.15) is 0 Å². The minimum atomic E-state index is -0.0995. The molecule has 0 saturated carbocycles. The molecule has 0 spiro atoms. The molecule has 0 radical (unpaired) electrons. The van der Waals surface area contributed by atoms with E-state index in [4.69, 9.17) is 0 Å². The second kappa shape index (κ2) is 6.54. The lowest BCUT2D eigenvalue weighted by molar-refractivity contribution is 0.246. The van der Waals surface area contributed by atoms with Crippen molar-refractivity contribution in [2.24, 2.45) is 0 Å². The van der Waals surface area contributed by atoms with E-state index in [2.05, 4.69) is 10.3 Å². The highest BCUT2D eigenvalue weighted by molar-refractivity contribution is 5.91. The van der Waals surface area contributed by atoms with Gasteiger partial charge in [-0.1, -0.05) is 24.3 Å². The minimum Gasteiger partial charge on any atom is -0.334 e. The largest absolute Gasteiger partial charge is 0.334 e. The van der Waals surface area contributed by atoms with Crippen LogP contribution in [0.1, 0.15) is 12.5 Å². The van der Waals surface area contributed by atoms with Crippen LogP contribution in [0.15, 0.2) is 54.9 Å². The van der Waals surface area contributed by atoms with Crippen LogP contribution in [-0.2, 0) is 6.54 Å². The lowest BCUT2D eigenvalue weighted by Gasteiger charge is -2.21. The number of anilines is 1. The smallest absolute Gasteiger partial charge is 0.322 e. The number of hydrogen-bond acceptors (Lipinski definition) is 2. The molecule has 1 aromatic heterocycles. The molecular formula is C15H17N3O. The zero-order valence-electron chi connectivity index (χ0n) is 10.9. The summed E-state index contributed by atoms with van der Waals surface area (Å²) in [6, 6.07) is 13.3. The number of rotatable bonds is 4. The van der Waals surface area contributed by atoms with Crippen LogP contribution in [-0.4, -0.2) is 17.6 Å². The van der Waals surface area contributed by atoms with Gasteiger partial charge in [0.05, 0.1) is 0 Å². The van der Waals surface area contributed by atoms with Gasteiger partial charge >= 0.3 is 6.03 Å². The van der Waals surface area contributed by atoms with Crippen LogP contribution in [0, 0.1) is 0 Å². The predicted octanol–water partition coefficient (Wildman–Crippen LogP) is 2.82. The van der Waals surface area contributed by atoms with Gasteiger partial charge in [0.2, 0.25) is 0 Å². The number of nitrogens with zero attached hydrogens (tertiary/aromatic N) is 2. The standard InChI is InChI=1S/C15H17N3O/c1-2-18(14-8-4-3-5-9-14)15(19)17-12-13-7-6-10-16-11-13/h3-11H,2,12H2,1H3,(H,17,19). The molecule has 0 unspecified atom stereocenters. The average molecular weight is 255 g/mol. The maximum absolute atomic E-state index is 12.1. The Kier molecular flexibility index (Phi) is 4.50. The Labute approximate surface area is 113 Å². The van der Waals surface area contributed by atoms with Gasteiger partial charge in [-0.25, -0.2) is 4.79 Å². The number of carbonyl (C=O) groups excluding carboxylic acids is 1. The number of urea groups is 1. The first-order valence-electron chi connectivity index (χ1n) is 6.30. The van der Waals surface area contributed by atoms with Crippen LogP contribution < -0.4 is 10.2 Å². The molecule has 0 fully saturated rings. The van der Waals surface area contributed by atoms with E-state index >= 15 is 0 Å². The summed E-state index contributed by atoms with van der Waals surface area (Å²) in [6.07, 6.45) is 3.47. The fourth-order valence-corrected chi connectivity index (χ4v) is 1.83. The highest BCUT2D eigenvalue weighted by Gasteiger charge is 2.12. The first-order chi connectivity index (χ1) is 9.31. The molecule has 4 heteroatoms. The molecule has 4 nitrogen and oxygen atoms in total. The monoisotopic (exact) mass is 255 g/mol. The van der Waals surface area contributed by atoms with Crippen LogP contribution in [0.2, 0.25) is 0 Å². The topological polar surface area (TPSA) is 45.2 Å². The number of hydrogen-bond donors (Lipinski definition) is 1. The summed E-state index contributed by atoms with van der Waals surface area (Å²) in [5, 5.41) is 2.90. The van der Waals surface area contributed by atoms with Crippen molar-refractivity contribution in [1.29, 1.82) is 0 Å². The molecule has 0 bridgehead atoms. The molecule has 98 valence electrons. The van der Waals surface area contributed by atoms with Gasteiger partial charge in [-0.3, -0.25) is 9.88 Å². The Morgan fingerprint density at radius 3 is 2.63 bits per heavy atom. The lowest BCUT2D eigenvalue weighted by atomic mass is 10.3. The van der Waals surface area contributed by atoms with E-state index in [0.29, 0.717) is 13.1 Å². The number of benzene rings is 1. The number of pyridine rings is 1. The Morgan fingerprint density at radius 1 is 1.21 bits per heavy atom. The molecule has 2 rings (SSSR count). The molecule has 2 amide bonds. The molecular weight excluding hydrogens is 238 g/mol. The normalized spacial score (nSPS) is 9.95. The first-order valence-corrected chi connectivity index (χ1v) is 6.30. The van der Waals surface area contributed by atoms with Gasteiger partial charge in [-0.05, 0) is 30.7 Å². The van der Waals surface area contributed by atoms with Crippen LogP contribution >= 0.6 is 0 Å². The maximum atomic E-state index is 12.1.